The Morgan fingerprint density at radius 1 is 1.03 bits per heavy atom. The number of benzene rings is 2. The van der Waals surface area contributed by atoms with Crippen molar-refractivity contribution in [2.24, 2.45) is 0 Å². The number of rotatable bonds is 3. The van der Waals surface area contributed by atoms with Crippen LogP contribution >= 0.6 is 11.6 Å². The van der Waals surface area contributed by atoms with Gasteiger partial charge in [-0.15, -0.1) is 0 Å². The highest BCUT2D eigenvalue weighted by molar-refractivity contribution is 6.39. The van der Waals surface area contributed by atoms with Crippen LogP contribution in [0.1, 0.15) is 32.7 Å². The van der Waals surface area contributed by atoms with Gasteiger partial charge in [-0.25, -0.2) is 9.67 Å². The first-order valence-corrected chi connectivity index (χ1v) is 9.73. The van der Waals surface area contributed by atoms with Crippen LogP contribution in [0, 0.1) is 27.7 Å². The molecule has 1 N–H and O–H groups in total. The first-order chi connectivity index (χ1) is 13.9. The molecular formula is C23H21ClN4O. The Hall–Kier alpha value is -3.18. The second-order valence-corrected chi connectivity index (χ2v) is 7.60. The number of aromatic nitrogens is 3. The van der Waals surface area contributed by atoms with Gasteiger partial charge in [0.1, 0.15) is 0 Å². The van der Waals surface area contributed by atoms with E-state index in [-0.39, 0.29) is 5.91 Å². The van der Waals surface area contributed by atoms with Crippen LogP contribution in [-0.4, -0.2) is 20.7 Å². The number of anilines is 1. The fourth-order valence-electron chi connectivity index (χ4n) is 3.31. The summed E-state index contributed by atoms with van der Waals surface area (Å²) in [5.41, 5.74) is 6.62. The zero-order chi connectivity index (χ0) is 20.7. The molecule has 0 aliphatic rings. The molecule has 0 aliphatic carbocycles. The SMILES string of the molecule is Cc1ccc(-n2nc(C)c3c(Cl)c(C(=O)Nc4cccc(C)c4C)cnc32)cc1. The van der Waals surface area contributed by atoms with Crippen LogP contribution in [0.2, 0.25) is 5.02 Å². The number of carbonyl (C=O) groups excluding carboxylic acids is 1. The average Bonchev–Trinajstić information content (AvgIpc) is 3.03. The quantitative estimate of drug-likeness (QED) is 0.486. The van der Waals surface area contributed by atoms with Gasteiger partial charge in [0.05, 0.1) is 27.4 Å². The number of halogens is 1. The maximum Gasteiger partial charge on any atom is 0.258 e. The third-order valence-electron chi connectivity index (χ3n) is 5.18. The zero-order valence-electron chi connectivity index (χ0n) is 16.7. The zero-order valence-corrected chi connectivity index (χ0v) is 17.5. The number of hydrogen-bond acceptors (Lipinski definition) is 3. The lowest BCUT2D eigenvalue weighted by Gasteiger charge is -2.11. The van der Waals surface area contributed by atoms with Gasteiger partial charge in [0.25, 0.3) is 5.91 Å². The molecule has 0 aliphatic heterocycles. The third kappa shape index (κ3) is 3.38. The van der Waals surface area contributed by atoms with Gasteiger partial charge in [-0.1, -0.05) is 41.4 Å². The lowest BCUT2D eigenvalue weighted by molar-refractivity contribution is 0.102. The van der Waals surface area contributed by atoms with E-state index >= 15 is 0 Å². The predicted octanol–water partition coefficient (Wildman–Crippen LogP) is 5.56. The van der Waals surface area contributed by atoms with Crippen molar-refractivity contribution in [2.75, 3.05) is 5.32 Å². The Bertz CT molecular complexity index is 1240. The van der Waals surface area contributed by atoms with E-state index < -0.39 is 0 Å². The van der Waals surface area contributed by atoms with Crippen molar-refractivity contribution in [3.05, 3.63) is 81.6 Å². The molecule has 0 unspecified atom stereocenters. The van der Waals surface area contributed by atoms with Crippen molar-refractivity contribution < 1.29 is 4.79 Å². The molecule has 0 radical (unpaired) electrons. The van der Waals surface area contributed by atoms with Gasteiger partial charge in [0.2, 0.25) is 0 Å². The molecule has 0 fully saturated rings. The molecule has 2 aromatic carbocycles. The average molecular weight is 405 g/mol. The Morgan fingerprint density at radius 2 is 1.76 bits per heavy atom. The molecule has 4 aromatic rings. The highest BCUT2D eigenvalue weighted by Crippen LogP contribution is 2.31. The largest absolute Gasteiger partial charge is 0.322 e. The molecule has 0 bridgehead atoms. The summed E-state index contributed by atoms with van der Waals surface area (Å²) in [5.74, 6) is -0.291. The van der Waals surface area contributed by atoms with Crippen LogP contribution in [0.3, 0.4) is 0 Å². The summed E-state index contributed by atoms with van der Waals surface area (Å²) < 4.78 is 1.75. The van der Waals surface area contributed by atoms with Crippen molar-refractivity contribution in [1.29, 1.82) is 0 Å². The number of fused-ring (bicyclic) bond motifs is 1. The Balaban J connectivity index is 1.76. The molecule has 0 atom stereocenters. The molecule has 0 spiro atoms. The first kappa shape index (κ1) is 19.2. The highest BCUT2D eigenvalue weighted by atomic mass is 35.5. The number of aryl methyl sites for hydroxylation is 3. The molecule has 0 saturated heterocycles. The summed E-state index contributed by atoms with van der Waals surface area (Å²) in [6, 6.07) is 13.8. The summed E-state index contributed by atoms with van der Waals surface area (Å²) in [6.45, 7) is 7.89. The van der Waals surface area contributed by atoms with Gasteiger partial charge in [-0.3, -0.25) is 4.79 Å². The smallest absolute Gasteiger partial charge is 0.258 e. The highest BCUT2D eigenvalue weighted by Gasteiger charge is 2.20. The molecule has 4 rings (SSSR count). The van der Waals surface area contributed by atoms with E-state index in [1.807, 2.05) is 70.2 Å². The van der Waals surface area contributed by atoms with Crippen molar-refractivity contribution >= 4 is 34.2 Å². The van der Waals surface area contributed by atoms with Crippen molar-refractivity contribution in [3.63, 3.8) is 0 Å². The van der Waals surface area contributed by atoms with E-state index in [0.29, 0.717) is 21.6 Å². The summed E-state index contributed by atoms with van der Waals surface area (Å²) in [4.78, 5) is 17.4. The minimum absolute atomic E-state index is 0.291. The van der Waals surface area contributed by atoms with Crippen molar-refractivity contribution in [3.8, 4) is 5.69 Å². The second-order valence-electron chi connectivity index (χ2n) is 7.22. The van der Waals surface area contributed by atoms with Gasteiger partial charge >= 0.3 is 0 Å². The van der Waals surface area contributed by atoms with Gasteiger partial charge in [-0.05, 0) is 57.0 Å². The number of amides is 1. The maximum absolute atomic E-state index is 12.9. The summed E-state index contributed by atoms with van der Waals surface area (Å²) in [7, 11) is 0. The number of nitrogens with zero attached hydrogens (tertiary/aromatic N) is 3. The molecule has 29 heavy (non-hydrogen) atoms. The predicted molar refractivity (Wildman–Crippen MR) is 117 cm³/mol. The fraction of sp³-hybridized carbons (Fsp3) is 0.174. The second kappa shape index (κ2) is 7.33. The number of carbonyl (C=O) groups is 1. The van der Waals surface area contributed by atoms with Crippen LogP contribution < -0.4 is 5.32 Å². The number of hydrogen-bond donors (Lipinski definition) is 1. The van der Waals surface area contributed by atoms with Crippen LogP contribution in [0.25, 0.3) is 16.7 Å². The minimum atomic E-state index is -0.291. The minimum Gasteiger partial charge on any atom is -0.322 e. The van der Waals surface area contributed by atoms with Crippen LogP contribution in [0.5, 0.6) is 0 Å². The van der Waals surface area contributed by atoms with Gasteiger partial charge in [0.15, 0.2) is 5.65 Å². The van der Waals surface area contributed by atoms with Crippen LogP contribution in [0.4, 0.5) is 5.69 Å². The molecule has 0 saturated carbocycles. The summed E-state index contributed by atoms with van der Waals surface area (Å²) >= 11 is 6.65. The number of pyridine rings is 1. The summed E-state index contributed by atoms with van der Waals surface area (Å²) in [6.07, 6.45) is 1.51. The number of nitrogens with one attached hydrogen (secondary N) is 1. The summed E-state index contributed by atoms with van der Waals surface area (Å²) in [5, 5.41) is 8.58. The monoisotopic (exact) mass is 404 g/mol. The molecule has 2 aromatic heterocycles. The van der Waals surface area contributed by atoms with E-state index in [9.17, 15) is 4.79 Å². The molecule has 6 heteroatoms. The molecule has 5 nitrogen and oxygen atoms in total. The van der Waals surface area contributed by atoms with Crippen LogP contribution in [0.15, 0.2) is 48.7 Å². The standard InChI is InChI=1S/C23H21ClN4O/c1-13-8-10-17(11-9-13)28-22-20(16(4)27-28)21(24)18(12-25-22)23(29)26-19-7-5-6-14(2)15(19)3/h5-12H,1-4H3,(H,26,29). The lowest BCUT2D eigenvalue weighted by atomic mass is 10.1. The Morgan fingerprint density at radius 3 is 2.48 bits per heavy atom. The fourth-order valence-corrected chi connectivity index (χ4v) is 3.66. The van der Waals surface area contributed by atoms with Gasteiger partial charge in [0, 0.05) is 11.9 Å². The third-order valence-corrected chi connectivity index (χ3v) is 5.58. The normalized spacial score (nSPS) is 11.1. The Kier molecular flexibility index (Phi) is 4.84. The van der Waals surface area contributed by atoms with E-state index in [1.54, 1.807) is 4.68 Å². The van der Waals surface area contributed by atoms with E-state index in [0.717, 1.165) is 28.2 Å². The molecule has 1 amide bonds. The molecule has 146 valence electrons. The Labute approximate surface area is 174 Å². The van der Waals surface area contributed by atoms with E-state index in [4.69, 9.17) is 11.6 Å². The van der Waals surface area contributed by atoms with Gasteiger partial charge in [-0.2, -0.15) is 5.10 Å². The van der Waals surface area contributed by atoms with Crippen molar-refractivity contribution in [1.82, 2.24) is 14.8 Å². The topological polar surface area (TPSA) is 59.8 Å². The molecule has 2 heterocycles. The van der Waals surface area contributed by atoms with E-state index in [1.165, 1.54) is 11.8 Å². The van der Waals surface area contributed by atoms with Crippen molar-refractivity contribution in [2.45, 2.75) is 27.7 Å². The first-order valence-electron chi connectivity index (χ1n) is 9.35. The van der Waals surface area contributed by atoms with Crippen LogP contribution in [-0.2, 0) is 0 Å². The molecular weight excluding hydrogens is 384 g/mol. The van der Waals surface area contributed by atoms with Gasteiger partial charge < -0.3 is 5.32 Å². The van der Waals surface area contributed by atoms with E-state index in [2.05, 4.69) is 15.4 Å². The maximum atomic E-state index is 12.9. The lowest BCUT2D eigenvalue weighted by Crippen LogP contribution is -2.14.